The molecule has 0 atom stereocenters. The van der Waals surface area contributed by atoms with Gasteiger partial charge in [0.05, 0.1) is 23.8 Å². The number of hydrogen-bond acceptors (Lipinski definition) is 7. The Kier molecular flexibility index (Phi) is 7.29. The third-order valence-electron chi connectivity index (χ3n) is 4.21. The van der Waals surface area contributed by atoms with E-state index in [0.29, 0.717) is 21.3 Å². The van der Waals surface area contributed by atoms with Crippen LogP contribution in [-0.4, -0.2) is 30.1 Å². The van der Waals surface area contributed by atoms with E-state index in [1.807, 2.05) is 0 Å². The number of nitrogens with one attached hydrogen (secondary N) is 1. The summed E-state index contributed by atoms with van der Waals surface area (Å²) in [4.78, 5) is 34.8. The molecule has 9 nitrogen and oxygen atoms in total. The van der Waals surface area contributed by atoms with Crippen LogP contribution in [0.2, 0.25) is 0 Å². The average Bonchev–Trinajstić information content (AvgIpc) is 2.80. The highest BCUT2D eigenvalue weighted by molar-refractivity contribution is 9.10. The Balaban J connectivity index is 1.71. The number of carbonyl (C=O) groups excluding carboxylic acids is 2. The monoisotopic (exact) mass is 497 g/mol. The minimum absolute atomic E-state index is 0.134. The van der Waals surface area contributed by atoms with Crippen molar-refractivity contribution >= 4 is 39.7 Å². The van der Waals surface area contributed by atoms with Crippen molar-refractivity contribution in [3.05, 3.63) is 98.0 Å². The highest BCUT2D eigenvalue weighted by Gasteiger charge is 2.14. The molecule has 1 N–H and O–H groups in total. The van der Waals surface area contributed by atoms with Gasteiger partial charge in [0, 0.05) is 27.7 Å². The molecule has 1 amide bonds. The Morgan fingerprint density at radius 1 is 1.03 bits per heavy atom. The van der Waals surface area contributed by atoms with E-state index in [2.05, 4.69) is 26.5 Å². The molecular formula is C22H16BrN3O6. The maximum atomic E-state index is 12.4. The molecule has 3 aromatic rings. The van der Waals surface area contributed by atoms with Crippen molar-refractivity contribution in [1.29, 1.82) is 0 Å². The molecule has 0 unspecified atom stereocenters. The summed E-state index contributed by atoms with van der Waals surface area (Å²) in [6, 6.07) is 16.4. The van der Waals surface area contributed by atoms with E-state index in [1.165, 1.54) is 37.6 Å². The standard InChI is InChI=1S/C22H16BrN3O6/c1-31-19-9-4-14(5-10-19)21(27)25-24-13-16-12-17(23)6-11-20(16)32-22(28)15-2-7-18(8-3-15)26(29)30/h2-13H,1H3,(H,25,27)/b24-13-. The molecule has 0 bridgehead atoms. The fourth-order valence-corrected chi connectivity index (χ4v) is 2.94. The van der Waals surface area contributed by atoms with Gasteiger partial charge in [-0.1, -0.05) is 15.9 Å². The number of nitro groups is 1. The first-order chi connectivity index (χ1) is 15.4. The van der Waals surface area contributed by atoms with Crippen LogP contribution in [0.4, 0.5) is 5.69 Å². The number of hydrogen-bond donors (Lipinski definition) is 1. The van der Waals surface area contributed by atoms with Gasteiger partial charge in [0.1, 0.15) is 11.5 Å². The third-order valence-corrected chi connectivity index (χ3v) is 4.70. The predicted molar refractivity (Wildman–Crippen MR) is 120 cm³/mol. The van der Waals surface area contributed by atoms with Crippen LogP contribution in [0.1, 0.15) is 26.3 Å². The maximum Gasteiger partial charge on any atom is 0.343 e. The first-order valence-corrected chi connectivity index (χ1v) is 9.90. The van der Waals surface area contributed by atoms with Crippen LogP contribution < -0.4 is 14.9 Å². The lowest BCUT2D eigenvalue weighted by Crippen LogP contribution is -2.17. The van der Waals surface area contributed by atoms with Crippen LogP contribution in [0.15, 0.2) is 76.3 Å². The van der Waals surface area contributed by atoms with Crippen LogP contribution in [0, 0.1) is 10.1 Å². The van der Waals surface area contributed by atoms with Crippen molar-refractivity contribution in [2.75, 3.05) is 7.11 Å². The number of benzene rings is 3. The van der Waals surface area contributed by atoms with Gasteiger partial charge in [0.2, 0.25) is 0 Å². The molecule has 0 aromatic heterocycles. The van der Waals surface area contributed by atoms with Gasteiger partial charge in [-0.3, -0.25) is 14.9 Å². The van der Waals surface area contributed by atoms with Crippen LogP contribution in [-0.2, 0) is 0 Å². The molecule has 0 radical (unpaired) electrons. The summed E-state index contributed by atoms with van der Waals surface area (Å²) in [6.45, 7) is 0. The van der Waals surface area contributed by atoms with Gasteiger partial charge in [0.15, 0.2) is 0 Å². The quantitative estimate of drug-likeness (QED) is 0.170. The number of ether oxygens (including phenoxy) is 2. The molecule has 0 saturated heterocycles. The van der Waals surface area contributed by atoms with E-state index in [0.717, 1.165) is 0 Å². The number of nitro benzene ring substituents is 1. The highest BCUT2D eigenvalue weighted by atomic mass is 79.9. The molecule has 0 spiro atoms. The third kappa shape index (κ3) is 5.76. The van der Waals surface area contributed by atoms with Gasteiger partial charge in [-0.2, -0.15) is 5.10 Å². The van der Waals surface area contributed by atoms with Gasteiger partial charge < -0.3 is 9.47 Å². The van der Waals surface area contributed by atoms with Crippen molar-refractivity contribution in [2.24, 2.45) is 5.10 Å². The molecule has 0 saturated carbocycles. The number of hydrazone groups is 1. The van der Waals surface area contributed by atoms with Crippen molar-refractivity contribution in [1.82, 2.24) is 5.43 Å². The van der Waals surface area contributed by atoms with Crippen LogP contribution in [0.3, 0.4) is 0 Å². The first kappa shape index (κ1) is 22.6. The smallest absolute Gasteiger partial charge is 0.343 e. The molecule has 3 aromatic carbocycles. The molecule has 0 heterocycles. The average molecular weight is 498 g/mol. The molecule has 3 rings (SSSR count). The summed E-state index contributed by atoms with van der Waals surface area (Å²) in [5.74, 6) is -0.305. The SMILES string of the molecule is COc1ccc(C(=O)N/N=C\c2cc(Br)ccc2OC(=O)c2ccc([N+](=O)[O-])cc2)cc1. The number of nitrogens with zero attached hydrogens (tertiary/aromatic N) is 2. The second-order valence-corrected chi connectivity index (χ2v) is 7.22. The van der Waals surface area contributed by atoms with E-state index >= 15 is 0 Å². The number of non-ortho nitro benzene ring substituents is 1. The van der Waals surface area contributed by atoms with Crippen molar-refractivity contribution < 1.29 is 24.0 Å². The van der Waals surface area contributed by atoms with Crippen molar-refractivity contribution in [2.45, 2.75) is 0 Å². The number of rotatable bonds is 7. The van der Waals surface area contributed by atoms with Crippen LogP contribution >= 0.6 is 15.9 Å². The van der Waals surface area contributed by atoms with Crippen LogP contribution in [0.5, 0.6) is 11.5 Å². The zero-order chi connectivity index (χ0) is 23.1. The maximum absolute atomic E-state index is 12.4. The molecule has 32 heavy (non-hydrogen) atoms. The Morgan fingerprint density at radius 3 is 2.31 bits per heavy atom. The second-order valence-electron chi connectivity index (χ2n) is 6.30. The van der Waals surface area contributed by atoms with Gasteiger partial charge in [0.25, 0.3) is 11.6 Å². The minimum Gasteiger partial charge on any atom is -0.497 e. The van der Waals surface area contributed by atoms with E-state index in [-0.39, 0.29) is 17.0 Å². The summed E-state index contributed by atoms with van der Waals surface area (Å²) in [7, 11) is 1.53. The summed E-state index contributed by atoms with van der Waals surface area (Å²) in [5.41, 5.74) is 3.23. The zero-order valence-corrected chi connectivity index (χ0v) is 18.2. The Hall–Kier alpha value is -4.05. The van der Waals surface area contributed by atoms with E-state index < -0.39 is 16.8 Å². The minimum atomic E-state index is -0.695. The summed E-state index contributed by atoms with van der Waals surface area (Å²) >= 11 is 3.33. The lowest BCUT2D eigenvalue weighted by atomic mass is 10.2. The Bertz CT molecular complexity index is 1180. The normalized spacial score (nSPS) is 10.6. The van der Waals surface area contributed by atoms with Crippen LogP contribution in [0.25, 0.3) is 0 Å². The van der Waals surface area contributed by atoms with E-state index in [4.69, 9.17) is 9.47 Å². The molecule has 0 aliphatic heterocycles. The molecular weight excluding hydrogens is 482 g/mol. The fraction of sp³-hybridized carbons (Fsp3) is 0.0455. The van der Waals surface area contributed by atoms with E-state index in [9.17, 15) is 19.7 Å². The van der Waals surface area contributed by atoms with Gasteiger partial charge in [-0.25, -0.2) is 10.2 Å². The molecule has 0 aliphatic carbocycles. The lowest BCUT2D eigenvalue weighted by Gasteiger charge is -2.08. The number of methoxy groups -OCH3 is 1. The number of halogens is 1. The summed E-state index contributed by atoms with van der Waals surface area (Å²) < 4.78 is 11.2. The predicted octanol–water partition coefficient (Wildman–Crippen LogP) is 4.35. The van der Waals surface area contributed by atoms with Gasteiger partial charge in [-0.15, -0.1) is 0 Å². The van der Waals surface area contributed by atoms with Crippen molar-refractivity contribution in [3.8, 4) is 11.5 Å². The lowest BCUT2D eigenvalue weighted by molar-refractivity contribution is -0.384. The summed E-state index contributed by atoms with van der Waals surface area (Å²) in [5, 5.41) is 14.7. The largest absolute Gasteiger partial charge is 0.497 e. The topological polar surface area (TPSA) is 120 Å². The number of amides is 1. The Morgan fingerprint density at radius 2 is 1.69 bits per heavy atom. The highest BCUT2D eigenvalue weighted by Crippen LogP contribution is 2.23. The zero-order valence-electron chi connectivity index (χ0n) is 16.7. The number of carbonyl (C=O) groups is 2. The molecule has 0 fully saturated rings. The molecule has 10 heteroatoms. The first-order valence-electron chi connectivity index (χ1n) is 9.11. The van der Waals surface area contributed by atoms with E-state index in [1.54, 1.807) is 42.5 Å². The van der Waals surface area contributed by atoms with Crippen molar-refractivity contribution in [3.63, 3.8) is 0 Å². The fourth-order valence-electron chi connectivity index (χ4n) is 2.56. The number of esters is 1. The molecule has 162 valence electrons. The van der Waals surface area contributed by atoms with Gasteiger partial charge >= 0.3 is 5.97 Å². The van der Waals surface area contributed by atoms with Gasteiger partial charge in [-0.05, 0) is 54.6 Å². The summed E-state index contributed by atoms with van der Waals surface area (Å²) in [6.07, 6.45) is 1.34. The second kappa shape index (κ2) is 10.3. The molecule has 0 aliphatic rings. The Labute approximate surface area is 190 Å².